The molecule has 0 spiro atoms. The number of carbonyl (C=O) groups is 1. The topological polar surface area (TPSA) is 50.8 Å². The molecule has 5 nitrogen and oxygen atoms in total. The minimum atomic E-state index is 0. The van der Waals surface area contributed by atoms with Gasteiger partial charge in [0.1, 0.15) is 13.2 Å². The Kier molecular flexibility index (Phi) is 6.36. The molecule has 3 aliphatic heterocycles. The predicted octanol–water partition coefficient (Wildman–Crippen LogP) is 2.71. The number of rotatable bonds is 4. The lowest BCUT2D eigenvalue weighted by molar-refractivity contribution is -0.130. The van der Waals surface area contributed by atoms with Crippen molar-refractivity contribution in [1.29, 1.82) is 0 Å². The van der Waals surface area contributed by atoms with Crippen LogP contribution < -0.4 is 14.8 Å². The normalized spacial score (nSPS) is 24.4. The average molecular weight is 385 g/mol. The molecule has 25 heavy (non-hydrogen) atoms. The van der Waals surface area contributed by atoms with Gasteiger partial charge in [-0.2, -0.15) is 0 Å². The number of ether oxygens (including phenoxy) is 2. The smallest absolute Gasteiger partial charge is 0.223 e. The summed E-state index contributed by atoms with van der Waals surface area (Å²) in [6.07, 6.45) is 4.17. The van der Waals surface area contributed by atoms with E-state index in [4.69, 9.17) is 9.47 Å². The number of carbonyl (C=O) groups excluding carboxylic acids is 1. The summed E-state index contributed by atoms with van der Waals surface area (Å²) in [4.78, 5) is 15.7. The maximum absolute atomic E-state index is 12.5. The number of fused-ring (bicyclic) bond motifs is 3. The van der Waals surface area contributed by atoms with Gasteiger partial charge in [-0.25, -0.2) is 0 Å². The van der Waals surface area contributed by atoms with Crippen LogP contribution in [0.4, 0.5) is 0 Å². The molecule has 1 amide bonds. The lowest BCUT2D eigenvalue weighted by atomic mass is 10.1. The zero-order chi connectivity index (χ0) is 16.4. The zero-order valence-electron chi connectivity index (χ0n) is 14.2. The van der Waals surface area contributed by atoms with E-state index in [2.05, 4.69) is 10.2 Å². The Morgan fingerprint density at radius 1 is 1.16 bits per heavy atom. The van der Waals surface area contributed by atoms with E-state index in [0.717, 1.165) is 41.7 Å². The Labute approximate surface area is 159 Å². The molecule has 3 aliphatic rings. The minimum Gasteiger partial charge on any atom is -0.486 e. The number of likely N-dealkylation sites (tertiary alicyclic amines) is 1. The first-order valence-corrected chi connectivity index (χ1v) is 9.83. The molecular weight excluding hydrogens is 360 g/mol. The number of thioether (sulfide) groups is 1. The van der Waals surface area contributed by atoms with E-state index in [9.17, 15) is 4.79 Å². The molecule has 7 heteroatoms. The third-order valence-corrected chi connectivity index (χ3v) is 5.97. The molecule has 0 aliphatic carbocycles. The van der Waals surface area contributed by atoms with Crippen molar-refractivity contribution < 1.29 is 14.3 Å². The molecule has 0 saturated carbocycles. The van der Waals surface area contributed by atoms with Crippen molar-refractivity contribution in [3.05, 3.63) is 18.2 Å². The third kappa shape index (κ3) is 4.54. The number of nitrogens with zero attached hydrogens (tertiary/aromatic N) is 1. The van der Waals surface area contributed by atoms with Gasteiger partial charge in [-0.15, -0.1) is 24.2 Å². The summed E-state index contributed by atoms with van der Waals surface area (Å²) in [6, 6.07) is 7.14. The van der Waals surface area contributed by atoms with E-state index < -0.39 is 0 Å². The van der Waals surface area contributed by atoms with Crippen LogP contribution in [0, 0.1) is 0 Å². The molecule has 1 N–H and O–H groups in total. The monoisotopic (exact) mass is 384 g/mol. The molecule has 2 atom stereocenters. The zero-order valence-corrected chi connectivity index (χ0v) is 15.9. The van der Waals surface area contributed by atoms with Gasteiger partial charge in [0, 0.05) is 42.2 Å². The van der Waals surface area contributed by atoms with Crippen molar-refractivity contribution in [1.82, 2.24) is 10.2 Å². The van der Waals surface area contributed by atoms with Crippen LogP contribution in [0.1, 0.15) is 25.7 Å². The summed E-state index contributed by atoms with van der Waals surface area (Å²) in [5.41, 5.74) is 0. The Hall–Kier alpha value is -1.11. The van der Waals surface area contributed by atoms with Gasteiger partial charge in [-0.05, 0) is 37.5 Å². The highest BCUT2D eigenvalue weighted by Gasteiger charge is 2.30. The lowest BCUT2D eigenvalue weighted by Crippen LogP contribution is -2.39. The molecule has 0 radical (unpaired) electrons. The summed E-state index contributed by atoms with van der Waals surface area (Å²) < 4.78 is 11.1. The largest absolute Gasteiger partial charge is 0.486 e. The highest BCUT2D eigenvalue weighted by molar-refractivity contribution is 7.99. The van der Waals surface area contributed by atoms with Crippen LogP contribution in [0.25, 0.3) is 0 Å². The van der Waals surface area contributed by atoms with E-state index in [0.29, 0.717) is 31.7 Å². The second kappa shape index (κ2) is 8.52. The SMILES string of the molecule is Cl.O=C(CCSc1ccc2c(c1)OCCO2)N1CCC2CCC(C1)N2. The molecule has 3 heterocycles. The maximum atomic E-state index is 12.5. The number of amides is 1. The highest BCUT2D eigenvalue weighted by atomic mass is 35.5. The number of benzene rings is 1. The van der Waals surface area contributed by atoms with Gasteiger partial charge in [-0.1, -0.05) is 0 Å². The van der Waals surface area contributed by atoms with Gasteiger partial charge in [0.2, 0.25) is 5.91 Å². The van der Waals surface area contributed by atoms with Gasteiger partial charge in [0.05, 0.1) is 0 Å². The average Bonchev–Trinajstić information content (AvgIpc) is 2.93. The van der Waals surface area contributed by atoms with Crippen LogP contribution in [-0.4, -0.2) is 54.9 Å². The Bertz CT molecular complexity index is 616. The second-order valence-electron chi connectivity index (χ2n) is 6.67. The third-order valence-electron chi connectivity index (χ3n) is 4.97. The fraction of sp³-hybridized carbons (Fsp3) is 0.611. The summed E-state index contributed by atoms with van der Waals surface area (Å²) >= 11 is 1.71. The van der Waals surface area contributed by atoms with Crippen molar-refractivity contribution in [3.8, 4) is 11.5 Å². The van der Waals surface area contributed by atoms with E-state index in [-0.39, 0.29) is 18.3 Å². The highest BCUT2D eigenvalue weighted by Crippen LogP contribution is 2.34. The first kappa shape index (κ1) is 18.7. The van der Waals surface area contributed by atoms with Crippen LogP contribution in [-0.2, 0) is 4.79 Å². The summed E-state index contributed by atoms with van der Waals surface area (Å²) in [7, 11) is 0. The van der Waals surface area contributed by atoms with Gasteiger partial charge < -0.3 is 19.7 Å². The summed E-state index contributed by atoms with van der Waals surface area (Å²) in [5.74, 6) is 2.71. The Balaban J connectivity index is 0.00000182. The van der Waals surface area contributed by atoms with Crippen molar-refractivity contribution in [2.24, 2.45) is 0 Å². The van der Waals surface area contributed by atoms with E-state index in [1.807, 2.05) is 18.2 Å². The molecule has 2 fully saturated rings. The Morgan fingerprint density at radius 3 is 2.84 bits per heavy atom. The number of halogens is 1. The maximum Gasteiger partial charge on any atom is 0.223 e. The number of nitrogens with one attached hydrogen (secondary N) is 1. The van der Waals surface area contributed by atoms with Gasteiger partial charge in [0.25, 0.3) is 0 Å². The Morgan fingerprint density at radius 2 is 1.96 bits per heavy atom. The number of hydrogen-bond acceptors (Lipinski definition) is 5. The van der Waals surface area contributed by atoms with Gasteiger partial charge >= 0.3 is 0 Å². The first-order chi connectivity index (χ1) is 11.8. The van der Waals surface area contributed by atoms with Crippen LogP contribution in [0.3, 0.4) is 0 Å². The molecule has 0 aromatic heterocycles. The molecule has 1 aromatic rings. The molecule has 1 aromatic carbocycles. The van der Waals surface area contributed by atoms with Crippen molar-refractivity contribution in [2.45, 2.75) is 42.7 Å². The van der Waals surface area contributed by atoms with Crippen molar-refractivity contribution in [3.63, 3.8) is 0 Å². The fourth-order valence-electron chi connectivity index (χ4n) is 3.70. The predicted molar refractivity (Wildman–Crippen MR) is 101 cm³/mol. The molecular formula is C18H25ClN2O3S. The fourth-order valence-corrected chi connectivity index (χ4v) is 4.56. The first-order valence-electron chi connectivity index (χ1n) is 8.84. The molecule has 2 bridgehead atoms. The molecule has 4 rings (SSSR count). The van der Waals surface area contributed by atoms with Gasteiger partial charge in [-0.3, -0.25) is 4.79 Å². The quantitative estimate of drug-likeness (QED) is 0.809. The molecule has 2 saturated heterocycles. The van der Waals surface area contributed by atoms with Crippen LogP contribution in [0.2, 0.25) is 0 Å². The van der Waals surface area contributed by atoms with Crippen LogP contribution in [0.15, 0.2) is 23.1 Å². The van der Waals surface area contributed by atoms with E-state index >= 15 is 0 Å². The van der Waals surface area contributed by atoms with Gasteiger partial charge in [0.15, 0.2) is 11.5 Å². The van der Waals surface area contributed by atoms with Crippen molar-refractivity contribution in [2.75, 3.05) is 32.1 Å². The minimum absolute atomic E-state index is 0. The van der Waals surface area contributed by atoms with Crippen molar-refractivity contribution >= 4 is 30.1 Å². The summed E-state index contributed by atoms with van der Waals surface area (Å²) in [6.45, 7) is 3.00. The van der Waals surface area contributed by atoms with Crippen LogP contribution >= 0.6 is 24.2 Å². The van der Waals surface area contributed by atoms with Crippen LogP contribution in [0.5, 0.6) is 11.5 Å². The van der Waals surface area contributed by atoms with E-state index in [1.54, 1.807) is 11.8 Å². The number of hydrogen-bond donors (Lipinski definition) is 1. The summed E-state index contributed by atoms with van der Waals surface area (Å²) in [5, 5.41) is 3.62. The molecule has 138 valence electrons. The standard InChI is InChI=1S/C18H24N2O3S.ClH/c21-18(20-7-5-13-1-2-14(12-20)19-13)6-10-24-15-3-4-16-17(11-15)23-9-8-22-16;/h3-4,11,13-14,19H,1-2,5-10,12H2;1H. The molecule has 2 unspecified atom stereocenters. The lowest BCUT2D eigenvalue weighted by Gasteiger charge is -2.24. The van der Waals surface area contributed by atoms with E-state index in [1.165, 1.54) is 12.8 Å². The second-order valence-corrected chi connectivity index (χ2v) is 7.84.